The normalized spacial score (nSPS) is 14.3. The molecule has 0 radical (unpaired) electrons. The third-order valence-electron chi connectivity index (χ3n) is 4.08. The average molecular weight is 369 g/mol. The highest BCUT2D eigenvalue weighted by molar-refractivity contribution is 5.90. The summed E-state index contributed by atoms with van der Waals surface area (Å²) < 4.78 is 5.46. The molecule has 0 bridgehead atoms. The van der Waals surface area contributed by atoms with Crippen molar-refractivity contribution < 1.29 is 9.53 Å². The zero-order valence-electron chi connectivity index (χ0n) is 15.0. The minimum atomic E-state index is -0.575. The Kier molecular flexibility index (Phi) is 6.16. The molecule has 0 unspecified atom stereocenters. The van der Waals surface area contributed by atoms with Crippen molar-refractivity contribution in [2.24, 2.45) is 16.5 Å². The van der Waals surface area contributed by atoms with Crippen LogP contribution in [-0.4, -0.2) is 48.3 Å². The minimum absolute atomic E-state index is 0.269. The van der Waals surface area contributed by atoms with Crippen LogP contribution < -0.4 is 21.7 Å². The van der Waals surface area contributed by atoms with Crippen molar-refractivity contribution in [1.29, 1.82) is 0 Å². The standard InChI is InChI=1S/C18H23N7O2/c19-16(20)24-18(26)23-10-13-3-1-4-14(9-13)15-11-21-17(22-12-15)25-5-2-7-27-8-6-25/h1,3-4,9,11-12H,2,5-8,10H2,(H5,19,20,23,24,26). The Morgan fingerprint density at radius 1 is 1.19 bits per heavy atom. The number of hydrogen-bond donors (Lipinski definition) is 3. The lowest BCUT2D eigenvalue weighted by Gasteiger charge is -2.19. The largest absolute Gasteiger partial charge is 0.380 e. The van der Waals surface area contributed by atoms with Crippen LogP contribution in [0.15, 0.2) is 41.7 Å². The zero-order chi connectivity index (χ0) is 19.1. The van der Waals surface area contributed by atoms with Gasteiger partial charge in [-0.15, -0.1) is 0 Å². The van der Waals surface area contributed by atoms with Gasteiger partial charge in [0.2, 0.25) is 5.95 Å². The molecule has 9 heteroatoms. The molecule has 2 aromatic rings. The fraction of sp³-hybridized carbons (Fsp3) is 0.333. The number of ether oxygens (including phenoxy) is 1. The van der Waals surface area contributed by atoms with Gasteiger partial charge in [-0.1, -0.05) is 18.2 Å². The van der Waals surface area contributed by atoms with Crippen molar-refractivity contribution in [3.05, 3.63) is 42.2 Å². The van der Waals surface area contributed by atoms with E-state index in [0.29, 0.717) is 19.1 Å². The van der Waals surface area contributed by atoms with Crippen LogP contribution in [0.4, 0.5) is 10.7 Å². The molecule has 27 heavy (non-hydrogen) atoms. The Bertz CT molecular complexity index is 796. The molecule has 1 saturated heterocycles. The van der Waals surface area contributed by atoms with Crippen LogP contribution in [0.5, 0.6) is 0 Å². The lowest BCUT2D eigenvalue weighted by Crippen LogP contribution is -2.28. The number of nitrogens with two attached hydrogens (primary N) is 2. The number of amides is 2. The maximum Gasteiger partial charge on any atom is 0.344 e. The van der Waals surface area contributed by atoms with Crippen LogP contribution in [0, 0.1) is 0 Å². The monoisotopic (exact) mass is 369 g/mol. The number of nitrogens with one attached hydrogen (secondary N) is 1. The quantitative estimate of drug-likeness (QED) is 0.538. The summed E-state index contributed by atoms with van der Waals surface area (Å²) in [7, 11) is 0. The molecule has 142 valence electrons. The number of nitrogens with zero attached hydrogens (tertiary/aromatic N) is 4. The topological polar surface area (TPSA) is 132 Å². The molecular formula is C18H23N7O2. The highest BCUT2D eigenvalue weighted by atomic mass is 16.5. The Labute approximate surface area is 157 Å². The van der Waals surface area contributed by atoms with Crippen molar-refractivity contribution in [2.45, 2.75) is 13.0 Å². The van der Waals surface area contributed by atoms with Gasteiger partial charge >= 0.3 is 6.03 Å². The van der Waals surface area contributed by atoms with E-state index in [4.69, 9.17) is 16.2 Å². The number of rotatable bonds is 4. The lowest BCUT2D eigenvalue weighted by atomic mass is 10.1. The number of guanidine groups is 1. The van der Waals surface area contributed by atoms with Gasteiger partial charge in [0.05, 0.1) is 6.61 Å². The Morgan fingerprint density at radius 3 is 2.78 bits per heavy atom. The summed E-state index contributed by atoms with van der Waals surface area (Å²) >= 11 is 0. The van der Waals surface area contributed by atoms with E-state index < -0.39 is 6.03 Å². The van der Waals surface area contributed by atoms with Gasteiger partial charge in [-0.2, -0.15) is 4.99 Å². The summed E-state index contributed by atoms with van der Waals surface area (Å²) in [6.45, 7) is 3.48. The molecule has 3 rings (SSSR count). The van der Waals surface area contributed by atoms with E-state index in [1.54, 1.807) is 0 Å². The molecule has 0 spiro atoms. The van der Waals surface area contributed by atoms with E-state index in [-0.39, 0.29) is 5.96 Å². The predicted octanol–water partition coefficient (Wildman–Crippen LogP) is 0.853. The van der Waals surface area contributed by atoms with Gasteiger partial charge in [0.15, 0.2) is 5.96 Å². The van der Waals surface area contributed by atoms with E-state index in [2.05, 4.69) is 25.2 Å². The number of aliphatic imine (C=N–C) groups is 1. The molecule has 1 fully saturated rings. The number of urea groups is 1. The number of carbonyl (C=O) groups excluding carboxylic acids is 1. The second-order valence-corrected chi connectivity index (χ2v) is 6.12. The molecule has 2 amide bonds. The van der Waals surface area contributed by atoms with Gasteiger partial charge in [0.25, 0.3) is 0 Å². The maximum atomic E-state index is 11.5. The molecule has 1 aliphatic heterocycles. The van der Waals surface area contributed by atoms with Crippen molar-refractivity contribution in [2.75, 3.05) is 31.2 Å². The molecule has 0 atom stereocenters. The fourth-order valence-electron chi connectivity index (χ4n) is 2.77. The summed E-state index contributed by atoms with van der Waals surface area (Å²) in [5.74, 6) is 0.444. The van der Waals surface area contributed by atoms with E-state index in [9.17, 15) is 4.79 Å². The molecule has 1 aliphatic rings. The molecule has 5 N–H and O–H groups in total. The number of benzene rings is 1. The number of aromatic nitrogens is 2. The Morgan fingerprint density at radius 2 is 2.00 bits per heavy atom. The smallest absolute Gasteiger partial charge is 0.344 e. The van der Waals surface area contributed by atoms with Crippen molar-refractivity contribution in [1.82, 2.24) is 15.3 Å². The SMILES string of the molecule is NC(N)=NC(=O)NCc1cccc(-c2cnc(N3CCCOCC3)nc2)c1. The van der Waals surface area contributed by atoms with Crippen molar-refractivity contribution >= 4 is 17.9 Å². The van der Waals surface area contributed by atoms with Gasteiger partial charge in [0.1, 0.15) is 0 Å². The maximum absolute atomic E-state index is 11.5. The van der Waals surface area contributed by atoms with Crippen LogP contribution in [0.1, 0.15) is 12.0 Å². The first kappa shape index (κ1) is 18.6. The molecule has 0 aliphatic carbocycles. The highest BCUT2D eigenvalue weighted by Gasteiger charge is 2.12. The molecule has 1 aromatic carbocycles. The van der Waals surface area contributed by atoms with Gasteiger partial charge < -0.3 is 26.4 Å². The number of carbonyl (C=O) groups is 1. The van der Waals surface area contributed by atoms with E-state index >= 15 is 0 Å². The van der Waals surface area contributed by atoms with Gasteiger partial charge in [0, 0.05) is 44.2 Å². The first-order valence-electron chi connectivity index (χ1n) is 8.73. The lowest BCUT2D eigenvalue weighted by molar-refractivity contribution is 0.152. The second kappa shape index (κ2) is 8.95. The summed E-state index contributed by atoms with van der Waals surface area (Å²) in [5, 5.41) is 2.63. The summed E-state index contributed by atoms with van der Waals surface area (Å²) in [6, 6.07) is 7.19. The van der Waals surface area contributed by atoms with Crippen LogP contribution in [-0.2, 0) is 11.3 Å². The Balaban J connectivity index is 1.67. The third kappa shape index (κ3) is 5.38. The minimum Gasteiger partial charge on any atom is -0.380 e. The first-order valence-corrected chi connectivity index (χ1v) is 8.73. The molecule has 1 aromatic heterocycles. The molecule has 2 heterocycles. The predicted molar refractivity (Wildman–Crippen MR) is 103 cm³/mol. The van der Waals surface area contributed by atoms with Gasteiger partial charge in [-0.05, 0) is 23.6 Å². The summed E-state index contributed by atoms with van der Waals surface area (Å²) in [6.07, 6.45) is 4.59. The van der Waals surface area contributed by atoms with E-state index in [1.807, 2.05) is 36.7 Å². The third-order valence-corrected chi connectivity index (χ3v) is 4.08. The first-order chi connectivity index (χ1) is 13.1. The van der Waals surface area contributed by atoms with Crippen molar-refractivity contribution in [3.63, 3.8) is 0 Å². The fourth-order valence-corrected chi connectivity index (χ4v) is 2.77. The average Bonchev–Trinajstić information content (AvgIpc) is 2.96. The summed E-state index contributed by atoms with van der Waals surface area (Å²) in [5.41, 5.74) is 13.1. The van der Waals surface area contributed by atoms with E-state index in [0.717, 1.165) is 42.8 Å². The van der Waals surface area contributed by atoms with Crippen LogP contribution in [0.25, 0.3) is 11.1 Å². The molecular weight excluding hydrogens is 346 g/mol. The number of anilines is 1. The zero-order valence-corrected chi connectivity index (χ0v) is 15.0. The van der Waals surface area contributed by atoms with E-state index in [1.165, 1.54) is 0 Å². The van der Waals surface area contributed by atoms with Gasteiger partial charge in [-0.25, -0.2) is 14.8 Å². The van der Waals surface area contributed by atoms with Gasteiger partial charge in [-0.3, -0.25) is 0 Å². The van der Waals surface area contributed by atoms with Crippen LogP contribution >= 0.6 is 0 Å². The van der Waals surface area contributed by atoms with Crippen LogP contribution in [0.2, 0.25) is 0 Å². The number of hydrogen-bond acceptors (Lipinski definition) is 5. The second-order valence-electron chi connectivity index (χ2n) is 6.12. The van der Waals surface area contributed by atoms with Crippen molar-refractivity contribution in [3.8, 4) is 11.1 Å². The molecule has 0 saturated carbocycles. The molecule has 9 nitrogen and oxygen atoms in total. The Hall–Kier alpha value is -3.20. The highest BCUT2D eigenvalue weighted by Crippen LogP contribution is 2.20. The van der Waals surface area contributed by atoms with Crippen LogP contribution in [0.3, 0.4) is 0 Å². The summed E-state index contributed by atoms with van der Waals surface area (Å²) in [4.78, 5) is 26.1.